The zero-order chi connectivity index (χ0) is 10.6. The van der Waals surface area contributed by atoms with Crippen molar-refractivity contribution in [2.45, 2.75) is 59.2 Å². The van der Waals surface area contributed by atoms with Gasteiger partial charge in [0.1, 0.15) is 0 Å². The SMILES string of the molecule is CC(C)NC(C)C(=O)NC(C)(C)C. The molecule has 3 heteroatoms. The van der Waals surface area contributed by atoms with Gasteiger partial charge in [-0.1, -0.05) is 13.8 Å². The minimum atomic E-state index is -0.149. The Morgan fingerprint density at radius 1 is 1.15 bits per heavy atom. The molecule has 0 bridgehead atoms. The number of hydrogen-bond acceptors (Lipinski definition) is 2. The van der Waals surface area contributed by atoms with E-state index in [2.05, 4.69) is 10.6 Å². The van der Waals surface area contributed by atoms with Crippen molar-refractivity contribution >= 4 is 5.91 Å². The summed E-state index contributed by atoms with van der Waals surface area (Å²) in [6.07, 6.45) is 0. The lowest BCUT2D eigenvalue weighted by molar-refractivity contribution is -0.124. The van der Waals surface area contributed by atoms with Crippen LogP contribution in [-0.4, -0.2) is 23.5 Å². The van der Waals surface area contributed by atoms with E-state index in [0.29, 0.717) is 6.04 Å². The minimum Gasteiger partial charge on any atom is -0.350 e. The van der Waals surface area contributed by atoms with Gasteiger partial charge in [0, 0.05) is 11.6 Å². The summed E-state index contributed by atoms with van der Waals surface area (Å²) < 4.78 is 0. The fourth-order valence-electron chi connectivity index (χ4n) is 1.05. The van der Waals surface area contributed by atoms with Crippen molar-refractivity contribution in [3.8, 4) is 0 Å². The van der Waals surface area contributed by atoms with E-state index < -0.39 is 0 Å². The number of rotatable bonds is 3. The zero-order valence-electron chi connectivity index (χ0n) is 9.56. The lowest BCUT2D eigenvalue weighted by Crippen LogP contribution is -2.50. The topological polar surface area (TPSA) is 41.1 Å². The molecule has 0 aromatic rings. The first-order valence-electron chi connectivity index (χ1n) is 4.80. The molecule has 0 saturated carbocycles. The maximum Gasteiger partial charge on any atom is 0.237 e. The van der Waals surface area contributed by atoms with Crippen LogP contribution in [0.5, 0.6) is 0 Å². The van der Waals surface area contributed by atoms with Gasteiger partial charge >= 0.3 is 0 Å². The molecular formula is C10H22N2O. The molecule has 0 rings (SSSR count). The van der Waals surface area contributed by atoms with Crippen molar-refractivity contribution < 1.29 is 4.79 Å². The number of hydrogen-bond donors (Lipinski definition) is 2. The van der Waals surface area contributed by atoms with Crippen LogP contribution < -0.4 is 10.6 Å². The van der Waals surface area contributed by atoms with Crippen molar-refractivity contribution in [1.82, 2.24) is 10.6 Å². The molecule has 1 unspecified atom stereocenters. The minimum absolute atomic E-state index is 0.0567. The highest BCUT2D eigenvalue weighted by Gasteiger charge is 2.18. The molecule has 13 heavy (non-hydrogen) atoms. The molecule has 3 nitrogen and oxygen atoms in total. The van der Waals surface area contributed by atoms with Crippen LogP contribution in [0.15, 0.2) is 0 Å². The molecule has 0 heterocycles. The Morgan fingerprint density at radius 3 is 1.92 bits per heavy atom. The Bertz CT molecular complexity index is 170. The van der Waals surface area contributed by atoms with Crippen LogP contribution in [0.2, 0.25) is 0 Å². The Hall–Kier alpha value is -0.570. The van der Waals surface area contributed by atoms with Crippen LogP contribution >= 0.6 is 0 Å². The molecule has 2 N–H and O–H groups in total. The summed E-state index contributed by atoms with van der Waals surface area (Å²) in [5.74, 6) is 0.0567. The number of nitrogens with one attached hydrogen (secondary N) is 2. The van der Waals surface area contributed by atoms with E-state index in [4.69, 9.17) is 0 Å². The van der Waals surface area contributed by atoms with Gasteiger partial charge in [-0.25, -0.2) is 0 Å². The average molecular weight is 186 g/mol. The van der Waals surface area contributed by atoms with E-state index in [0.717, 1.165) is 0 Å². The van der Waals surface area contributed by atoms with Crippen molar-refractivity contribution in [3.63, 3.8) is 0 Å². The summed E-state index contributed by atoms with van der Waals surface area (Å²) in [6.45, 7) is 11.9. The first kappa shape index (κ1) is 12.4. The second kappa shape index (κ2) is 4.61. The van der Waals surface area contributed by atoms with Gasteiger partial charge in [-0.05, 0) is 27.7 Å². The Morgan fingerprint density at radius 2 is 1.62 bits per heavy atom. The lowest BCUT2D eigenvalue weighted by Gasteiger charge is -2.24. The van der Waals surface area contributed by atoms with Gasteiger partial charge in [0.05, 0.1) is 6.04 Å². The summed E-state index contributed by atoms with van der Waals surface area (Å²) in [7, 11) is 0. The fraction of sp³-hybridized carbons (Fsp3) is 0.900. The first-order chi connectivity index (χ1) is 5.72. The highest BCUT2D eigenvalue weighted by Crippen LogP contribution is 1.99. The summed E-state index contributed by atoms with van der Waals surface area (Å²) >= 11 is 0. The van der Waals surface area contributed by atoms with Crippen molar-refractivity contribution in [3.05, 3.63) is 0 Å². The quantitative estimate of drug-likeness (QED) is 0.697. The molecule has 0 aliphatic carbocycles. The molecule has 78 valence electrons. The Labute approximate surface area is 81.3 Å². The number of carbonyl (C=O) groups is 1. The van der Waals surface area contributed by atoms with Gasteiger partial charge in [-0.3, -0.25) is 4.79 Å². The van der Waals surface area contributed by atoms with Crippen LogP contribution in [0, 0.1) is 0 Å². The average Bonchev–Trinajstić information content (AvgIpc) is 1.81. The van der Waals surface area contributed by atoms with Crippen LogP contribution in [0.1, 0.15) is 41.5 Å². The number of amides is 1. The molecule has 0 aromatic carbocycles. The highest BCUT2D eigenvalue weighted by molar-refractivity contribution is 5.81. The smallest absolute Gasteiger partial charge is 0.237 e. The second-order valence-corrected chi connectivity index (χ2v) is 4.78. The zero-order valence-corrected chi connectivity index (χ0v) is 9.56. The van der Waals surface area contributed by atoms with Gasteiger partial charge in [0.2, 0.25) is 5.91 Å². The number of carbonyl (C=O) groups excluding carboxylic acids is 1. The normalized spacial score (nSPS) is 14.4. The maximum absolute atomic E-state index is 11.5. The van der Waals surface area contributed by atoms with Gasteiger partial charge in [-0.15, -0.1) is 0 Å². The summed E-state index contributed by atoms with van der Waals surface area (Å²) in [6, 6.07) is 0.208. The van der Waals surface area contributed by atoms with Crippen LogP contribution in [0.3, 0.4) is 0 Å². The standard InChI is InChI=1S/C10H22N2O/c1-7(2)11-8(3)9(13)12-10(4,5)6/h7-8,11H,1-6H3,(H,12,13). The van der Waals surface area contributed by atoms with Crippen LogP contribution in [0.4, 0.5) is 0 Å². The van der Waals surface area contributed by atoms with Gasteiger partial charge in [0.15, 0.2) is 0 Å². The molecule has 0 aliphatic heterocycles. The second-order valence-electron chi connectivity index (χ2n) is 4.78. The van der Waals surface area contributed by atoms with E-state index in [1.165, 1.54) is 0 Å². The van der Waals surface area contributed by atoms with Crippen LogP contribution in [-0.2, 0) is 4.79 Å². The van der Waals surface area contributed by atoms with Gasteiger partial charge in [-0.2, -0.15) is 0 Å². The molecule has 0 fully saturated rings. The molecule has 1 atom stereocenters. The van der Waals surface area contributed by atoms with Crippen LogP contribution in [0.25, 0.3) is 0 Å². The highest BCUT2D eigenvalue weighted by atomic mass is 16.2. The first-order valence-corrected chi connectivity index (χ1v) is 4.80. The van der Waals surface area contributed by atoms with E-state index in [9.17, 15) is 4.79 Å². The fourth-order valence-corrected chi connectivity index (χ4v) is 1.05. The van der Waals surface area contributed by atoms with E-state index in [1.807, 2.05) is 41.5 Å². The Balaban J connectivity index is 3.97. The molecule has 0 saturated heterocycles. The Kier molecular flexibility index (Phi) is 4.40. The van der Waals surface area contributed by atoms with Crippen molar-refractivity contribution in [2.75, 3.05) is 0 Å². The summed E-state index contributed by atoms with van der Waals surface area (Å²) in [5.41, 5.74) is -0.149. The third-order valence-corrected chi connectivity index (χ3v) is 1.47. The van der Waals surface area contributed by atoms with Crippen molar-refractivity contribution in [2.24, 2.45) is 0 Å². The summed E-state index contributed by atoms with van der Waals surface area (Å²) in [4.78, 5) is 11.5. The summed E-state index contributed by atoms with van der Waals surface area (Å²) in [5, 5.41) is 6.08. The molecule has 1 amide bonds. The van der Waals surface area contributed by atoms with E-state index >= 15 is 0 Å². The monoisotopic (exact) mass is 186 g/mol. The van der Waals surface area contributed by atoms with E-state index in [1.54, 1.807) is 0 Å². The third kappa shape index (κ3) is 6.58. The molecule has 0 radical (unpaired) electrons. The maximum atomic E-state index is 11.5. The predicted molar refractivity (Wildman–Crippen MR) is 55.6 cm³/mol. The van der Waals surface area contributed by atoms with Crippen molar-refractivity contribution in [1.29, 1.82) is 0 Å². The molecule has 0 aliphatic rings. The lowest BCUT2D eigenvalue weighted by atomic mass is 10.1. The molecular weight excluding hydrogens is 164 g/mol. The largest absolute Gasteiger partial charge is 0.350 e. The molecule has 0 aromatic heterocycles. The molecule has 0 spiro atoms. The predicted octanol–water partition coefficient (Wildman–Crippen LogP) is 1.29. The van der Waals surface area contributed by atoms with E-state index in [-0.39, 0.29) is 17.5 Å². The third-order valence-electron chi connectivity index (χ3n) is 1.47. The van der Waals surface area contributed by atoms with Gasteiger partial charge in [0.25, 0.3) is 0 Å². The van der Waals surface area contributed by atoms with Gasteiger partial charge < -0.3 is 10.6 Å².